The van der Waals surface area contributed by atoms with Crippen LogP contribution < -0.4 is 10.6 Å². The maximum absolute atomic E-state index is 12.2. The zero-order chi connectivity index (χ0) is 20.8. The fraction of sp³-hybridized carbons (Fsp3) is 0.333. The second-order valence-electron chi connectivity index (χ2n) is 6.00. The Balaban J connectivity index is 1.65. The molecule has 0 saturated heterocycles. The molecule has 0 atom stereocenters. The molecule has 2 aromatic heterocycles. The van der Waals surface area contributed by atoms with Crippen LogP contribution in [0.4, 0.5) is 10.8 Å². The predicted molar refractivity (Wildman–Crippen MR) is 114 cm³/mol. The number of aryl methyl sites for hydroxylation is 1. The van der Waals surface area contributed by atoms with Crippen molar-refractivity contribution in [2.24, 2.45) is 0 Å². The summed E-state index contributed by atoms with van der Waals surface area (Å²) in [5.41, 5.74) is 1.60. The molecule has 0 radical (unpaired) electrons. The molecule has 0 fully saturated rings. The number of carbonyl (C=O) groups is 2. The molecule has 0 aliphatic rings. The standard InChI is InChI=1S/C18H21N7O2S2/c1-4-15-21-23-17(29-15)20-14(27)10-28-18-24-22-16(25(18)5-2)12-6-8-13(9-7-12)19-11(3)26/h6-9H,4-5,10H2,1-3H3,(H,19,26)(H,20,23,27). The molecule has 1 aromatic carbocycles. The third-order valence-electron chi connectivity index (χ3n) is 3.84. The fourth-order valence-corrected chi connectivity index (χ4v) is 4.03. The van der Waals surface area contributed by atoms with E-state index >= 15 is 0 Å². The lowest BCUT2D eigenvalue weighted by Gasteiger charge is -2.08. The number of thioether (sulfide) groups is 1. The van der Waals surface area contributed by atoms with E-state index < -0.39 is 0 Å². The summed E-state index contributed by atoms with van der Waals surface area (Å²) >= 11 is 2.69. The summed E-state index contributed by atoms with van der Waals surface area (Å²) in [6, 6.07) is 7.39. The van der Waals surface area contributed by atoms with Gasteiger partial charge in [-0.2, -0.15) is 0 Å². The summed E-state index contributed by atoms with van der Waals surface area (Å²) in [7, 11) is 0. The van der Waals surface area contributed by atoms with Gasteiger partial charge >= 0.3 is 0 Å². The second-order valence-corrected chi connectivity index (χ2v) is 8.00. The van der Waals surface area contributed by atoms with E-state index in [2.05, 4.69) is 31.0 Å². The van der Waals surface area contributed by atoms with Crippen molar-refractivity contribution in [1.29, 1.82) is 0 Å². The van der Waals surface area contributed by atoms with Crippen molar-refractivity contribution in [3.05, 3.63) is 29.3 Å². The van der Waals surface area contributed by atoms with Crippen LogP contribution in [0.5, 0.6) is 0 Å². The fourth-order valence-electron chi connectivity index (χ4n) is 2.53. The molecule has 2 N–H and O–H groups in total. The highest BCUT2D eigenvalue weighted by Gasteiger charge is 2.15. The minimum Gasteiger partial charge on any atom is -0.326 e. The molecule has 29 heavy (non-hydrogen) atoms. The largest absolute Gasteiger partial charge is 0.326 e. The first-order chi connectivity index (χ1) is 14.0. The molecule has 0 aliphatic heterocycles. The topological polar surface area (TPSA) is 115 Å². The van der Waals surface area contributed by atoms with Gasteiger partial charge in [-0.25, -0.2) is 0 Å². The van der Waals surface area contributed by atoms with E-state index in [0.29, 0.717) is 22.7 Å². The van der Waals surface area contributed by atoms with Crippen molar-refractivity contribution in [2.75, 3.05) is 16.4 Å². The van der Waals surface area contributed by atoms with Gasteiger partial charge in [-0.15, -0.1) is 20.4 Å². The quantitative estimate of drug-likeness (QED) is 0.527. The Labute approximate surface area is 176 Å². The molecular weight excluding hydrogens is 410 g/mol. The number of anilines is 2. The van der Waals surface area contributed by atoms with Crippen LogP contribution >= 0.6 is 23.1 Å². The van der Waals surface area contributed by atoms with Crippen molar-refractivity contribution >= 4 is 45.7 Å². The molecule has 2 heterocycles. The van der Waals surface area contributed by atoms with Crippen molar-refractivity contribution in [3.8, 4) is 11.4 Å². The van der Waals surface area contributed by atoms with Crippen LogP contribution in [0.3, 0.4) is 0 Å². The molecule has 3 aromatic rings. The van der Waals surface area contributed by atoms with Crippen molar-refractivity contribution < 1.29 is 9.59 Å². The first-order valence-corrected chi connectivity index (χ1v) is 10.9. The molecule has 9 nitrogen and oxygen atoms in total. The lowest BCUT2D eigenvalue weighted by atomic mass is 10.2. The van der Waals surface area contributed by atoms with Crippen molar-refractivity contribution in [2.45, 2.75) is 38.9 Å². The van der Waals surface area contributed by atoms with E-state index in [0.717, 1.165) is 22.7 Å². The summed E-state index contributed by atoms with van der Waals surface area (Å²) in [5.74, 6) is 0.619. The Morgan fingerprint density at radius 3 is 2.45 bits per heavy atom. The van der Waals surface area contributed by atoms with Crippen LogP contribution in [0.2, 0.25) is 0 Å². The number of carbonyl (C=O) groups excluding carboxylic acids is 2. The van der Waals surface area contributed by atoms with Gasteiger partial charge in [0.1, 0.15) is 5.01 Å². The van der Waals surface area contributed by atoms with Gasteiger partial charge in [0.25, 0.3) is 0 Å². The molecule has 0 spiro atoms. The minimum atomic E-state index is -0.166. The smallest absolute Gasteiger partial charge is 0.236 e. The maximum atomic E-state index is 12.2. The Hall–Kier alpha value is -2.79. The van der Waals surface area contributed by atoms with Gasteiger partial charge in [-0.05, 0) is 37.6 Å². The van der Waals surface area contributed by atoms with E-state index in [4.69, 9.17) is 0 Å². The molecule has 0 bridgehead atoms. The molecule has 3 rings (SSSR count). The van der Waals surface area contributed by atoms with Gasteiger partial charge in [0.15, 0.2) is 11.0 Å². The van der Waals surface area contributed by atoms with E-state index in [1.165, 1.54) is 30.0 Å². The average molecular weight is 432 g/mol. The second kappa shape index (κ2) is 9.61. The number of amides is 2. The summed E-state index contributed by atoms with van der Waals surface area (Å²) in [6.45, 7) is 6.12. The first-order valence-electron chi connectivity index (χ1n) is 9.06. The van der Waals surface area contributed by atoms with E-state index in [1.807, 2.05) is 42.7 Å². The zero-order valence-corrected chi connectivity index (χ0v) is 17.9. The molecule has 0 aliphatic carbocycles. The molecule has 0 saturated carbocycles. The summed E-state index contributed by atoms with van der Waals surface area (Å²) in [4.78, 5) is 23.4. The third-order valence-corrected chi connectivity index (χ3v) is 5.79. The summed E-state index contributed by atoms with van der Waals surface area (Å²) in [5, 5.41) is 24.0. The number of rotatable bonds is 8. The molecule has 0 unspecified atom stereocenters. The van der Waals surface area contributed by atoms with Gasteiger partial charge in [0.05, 0.1) is 5.75 Å². The molecular formula is C18H21N7O2S2. The van der Waals surface area contributed by atoms with E-state index in [9.17, 15) is 9.59 Å². The van der Waals surface area contributed by atoms with Gasteiger partial charge in [0, 0.05) is 24.7 Å². The van der Waals surface area contributed by atoms with Crippen LogP contribution in [0, 0.1) is 0 Å². The number of benzene rings is 1. The van der Waals surface area contributed by atoms with Crippen molar-refractivity contribution in [3.63, 3.8) is 0 Å². The van der Waals surface area contributed by atoms with Crippen LogP contribution in [-0.2, 0) is 22.6 Å². The maximum Gasteiger partial charge on any atom is 0.236 e. The molecule has 152 valence electrons. The van der Waals surface area contributed by atoms with Crippen molar-refractivity contribution in [1.82, 2.24) is 25.0 Å². The lowest BCUT2D eigenvalue weighted by Crippen LogP contribution is -2.14. The Morgan fingerprint density at radius 2 is 1.83 bits per heavy atom. The zero-order valence-electron chi connectivity index (χ0n) is 16.3. The van der Waals surface area contributed by atoms with E-state index in [-0.39, 0.29) is 17.6 Å². The van der Waals surface area contributed by atoms with Crippen LogP contribution in [0.15, 0.2) is 29.4 Å². The van der Waals surface area contributed by atoms with E-state index in [1.54, 1.807) is 0 Å². The predicted octanol–water partition coefficient (Wildman–Crippen LogP) is 3.07. The highest BCUT2D eigenvalue weighted by Crippen LogP contribution is 2.25. The number of hydrogen-bond acceptors (Lipinski definition) is 8. The third kappa shape index (κ3) is 5.39. The molecule has 11 heteroatoms. The number of nitrogens with zero attached hydrogens (tertiary/aromatic N) is 5. The van der Waals surface area contributed by atoms with Gasteiger partial charge in [-0.3, -0.25) is 14.9 Å². The van der Waals surface area contributed by atoms with Gasteiger partial charge in [0.2, 0.25) is 16.9 Å². The summed E-state index contributed by atoms with van der Waals surface area (Å²) < 4.78 is 1.95. The van der Waals surface area contributed by atoms with Crippen LogP contribution in [-0.4, -0.2) is 42.5 Å². The van der Waals surface area contributed by atoms with Crippen LogP contribution in [0.25, 0.3) is 11.4 Å². The van der Waals surface area contributed by atoms with Gasteiger partial charge < -0.3 is 9.88 Å². The minimum absolute atomic E-state index is 0.120. The van der Waals surface area contributed by atoms with Crippen LogP contribution in [0.1, 0.15) is 25.8 Å². The Kier molecular flexibility index (Phi) is 6.94. The number of aromatic nitrogens is 5. The lowest BCUT2D eigenvalue weighted by molar-refractivity contribution is -0.114. The Bertz CT molecular complexity index is 998. The highest BCUT2D eigenvalue weighted by molar-refractivity contribution is 7.99. The molecule has 2 amide bonds. The summed E-state index contributed by atoms with van der Waals surface area (Å²) in [6.07, 6.45) is 0.788. The number of hydrogen-bond donors (Lipinski definition) is 2. The Morgan fingerprint density at radius 1 is 1.07 bits per heavy atom. The van der Waals surface area contributed by atoms with Gasteiger partial charge in [-0.1, -0.05) is 30.0 Å². The monoisotopic (exact) mass is 431 g/mol. The normalized spacial score (nSPS) is 10.7. The highest BCUT2D eigenvalue weighted by atomic mass is 32.2. The average Bonchev–Trinajstić information content (AvgIpc) is 3.32. The number of nitrogens with one attached hydrogen (secondary N) is 2. The SMILES string of the molecule is CCc1nnc(NC(=O)CSc2nnc(-c3ccc(NC(C)=O)cc3)n2CC)s1. The first kappa shape index (κ1) is 20.9.